The quantitative estimate of drug-likeness (QED) is 0.0736. The van der Waals surface area contributed by atoms with E-state index in [4.69, 9.17) is 0 Å². The number of benzene rings is 3. The van der Waals surface area contributed by atoms with Gasteiger partial charge in [0.1, 0.15) is 23.7 Å². The third-order valence-corrected chi connectivity index (χ3v) is 17.9. The first kappa shape index (κ1) is 54.8. The van der Waals surface area contributed by atoms with Crippen molar-refractivity contribution in [3.05, 3.63) is 119 Å². The van der Waals surface area contributed by atoms with Gasteiger partial charge in [-0.15, -0.1) is 11.3 Å². The van der Waals surface area contributed by atoms with Crippen LogP contribution in [0.15, 0.2) is 84.6 Å². The maximum absolute atomic E-state index is 15.8. The predicted octanol–water partition coefficient (Wildman–Crippen LogP) is 6.37. The second-order valence-electron chi connectivity index (χ2n) is 21.9. The first-order chi connectivity index (χ1) is 37.2. The summed E-state index contributed by atoms with van der Waals surface area (Å²) in [5, 5.41) is 14.0. The number of aliphatic hydroxyl groups is 1. The Balaban J connectivity index is 0.698. The number of ketones is 2. The molecule has 78 heavy (non-hydrogen) atoms. The van der Waals surface area contributed by atoms with E-state index in [-0.39, 0.29) is 68.1 Å². The van der Waals surface area contributed by atoms with Gasteiger partial charge in [0.25, 0.3) is 0 Å². The normalized spacial score (nSPS) is 20.3. The monoisotopic (exact) mass is 1110 g/mol. The molecular weight excluding hydrogens is 1050 g/mol. The Labute approximate surface area is 455 Å². The van der Waals surface area contributed by atoms with Crippen LogP contribution in [0.1, 0.15) is 67.2 Å². The van der Waals surface area contributed by atoms with E-state index in [0.29, 0.717) is 36.1 Å². The molecule has 4 atom stereocenters. The van der Waals surface area contributed by atoms with Crippen molar-refractivity contribution < 1.29 is 45.9 Å². The minimum absolute atomic E-state index is 0.00798. The van der Waals surface area contributed by atoms with Crippen LogP contribution in [0.3, 0.4) is 0 Å². The SMILES string of the molecule is Cc1ncsc1-c1ccc(CCC(=O)[C@@H]2C[C@@H](O)CN2C(=O)[C@@H](NC(=O)CN2CC(N3CCN(c4ccc(-c5cnc6[nH]cc(C(=O)c7c(F)ccc(NS(=O)(=O)N8CC[C@@H](F)C8)c7F)c6c5)cc4)CC3)C2)C(C)(C)C)cc1. The van der Waals surface area contributed by atoms with Gasteiger partial charge in [0, 0.05) is 112 Å². The highest BCUT2D eigenvalue weighted by Crippen LogP contribution is 2.33. The number of rotatable bonds is 17. The first-order valence-electron chi connectivity index (χ1n) is 26.2. The molecule has 7 heterocycles. The molecule has 0 saturated carbocycles. The summed E-state index contributed by atoms with van der Waals surface area (Å²) in [5.41, 5.74) is 5.28. The van der Waals surface area contributed by atoms with Gasteiger partial charge in [0.15, 0.2) is 11.6 Å². The summed E-state index contributed by atoms with van der Waals surface area (Å²) in [6.07, 6.45) is 1.59. The number of hydrogen-bond acceptors (Lipinski definition) is 13. The summed E-state index contributed by atoms with van der Waals surface area (Å²) in [6, 6.07) is 17.9. The maximum Gasteiger partial charge on any atom is 0.301 e. The Morgan fingerprint density at radius 3 is 2.28 bits per heavy atom. The molecule has 0 spiro atoms. The molecule has 4 aliphatic rings. The first-order valence-corrected chi connectivity index (χ1v) is 28.6. The summed E-state index contributed by atoms with van der Waals surface area (Å²) in [5.74, 6) is -4.37. The van der Waals surface area contributed by atoms with E-state index in [1.165, 1.54) is 11.1 Å². The number of hydrogen-bond donors (Lipinski definition) is 4. The highest BCUT2D eigenvalue weighted by atomic mass is 32.2. The molecule has 4 N–H and O–H groups in total. The number of likely N-dealkylation sites (tertiary alicyclic amines) is 2. The van der Waals surface area contributed by atoms with Crippen LogP contribution in [0.25, 0.3) is 32.6 Å². The standard InChI is InChI=1S/C56H63F3N10O7S2/c1-33-52(77-32-62-33)36-8-5-34(6-9-36)7-16-47(71)46-24-41(70)30-69(46)55(74)53(56(2,3)4)63-48(72)31-65-28-40(29-65)67-21-19-66(20-22-67)39-12-10-35(11-13-39)37-23-42-43(26-61-54(42)60-25-37)51(73)49-44(58)14-15-45(50(49)59)64-78(75,76)68-18-17-38(57)27-68/h5-6,8-15,23,25-26,32,38,40-41,46,53,64,70H,7,16-22,24,27-31H2,1-4H3,(H,60,61)(H,63,72)/t38-,41-,46+,53-/m1/s1. The molecule has 0 bridgehead atoms. The van der Waals surface area contributed by atoms with E-state index in [2.05, 4.69) is 35.0 Å². The lowest BCUT2D eigenvalue weighted by Crippen LogP contribution is -2.65. The number of aryl methyl sites for hydroxylation is 2. The molecule has 4 saturated heterocycles. The number of thiazole rings is 1. The number of carbonyl (C=O) groups excluding carboxylic acids is 4. The van der Waals surface area contributed by atoms with Gasteiger partial charge in [-0.1, -0.05) is 57.2 Å². The number of carbonyl (C=O) groups is 4. The van der Waals surface area contributed by atoms with Gasteiger partial charge >= 0.3 is 10.2 Å². The number of nitrogens with zero attached hydrogens (tertiary/aromatic N) is 7. The molecular formula is C56H63F3N10O7S2. The summed E-state index contributed by atoms with van der Waals surface area (Å²) in [7, 11) is -4.38. The number of nitrogens with one attached hydrogen (secondary N) is 3. The van der Waals surface area contributed by atoms with E-state index in [0.717, 1.165) is 75.6 Å². The molecule has 0 aliphatic carbocycles. The van der Waals surface area contributed by atoms with Crippen molar-refractivity contribution in [2.75, 3.05) is 75.1 Å². The van der Waals surface area contributed by atoms with Crippen molar-refractivity contribution in [1.29, 1.82) is 0 Å². The second kappa shape index (κ2) is 22.3. The van der Waals surface area contributed by atoms with Crippen LogP contribution in [-0.4, -0.2) is 167 Å². The van der Waals surface area contributed by atoms with Crippen LogP contribution < -0.4 is 14.9 Å². The highest BCUT2D eigenvalue weighted by molar-refractivity contribution is 7.90. The van der Waals surface area contributed by atoms with Crippen LogP contribution in [0, 0.1) is 24.0 Å². The van der Waals surface area contributed by atoms with E-state index >= 15 is 8.78 Å². The number of piperazine rings is 1. The number of Topliss-reactive ketones (excluding diaryl/α,β-unsaturated/α-hetero) is 1. The minimum Gasteiger partial charge on any atom is -0.391 e. The largest absolute Gasteiger partial charge is 0.391 e. The van der Waals surface area contributed by atoms with E-state index in [1.54, 1.807) is 23.6 Å². The van der Waals surface area contributed by atoms with Gasteiger partial charge < -0.3 is 25.2 Å². The zero-order valence-electron chi connectivity index (χ0n) is 43.8. The van der Waals surface area contributed by atoms with Crippen LogP contribution in [0.2, 0.25) is 0 Å². The Hall–Kier alpha value is -6.56. The fourth-order valence-electron chi connectivity index (χ4n) is 11.0. The lowest BCUT2D eigenvalue weighted by molar-refractivity contribution is -0.144. The average molecular weight is 1110 g/mol. The van der Waals surface area contributed by atoms with Gasteiger partial charge in [-0.05, 0) is 72.2 Å². The van der Waals surface area contributed by atoms with Crippen molar-refractivity contribution in [2.24, 2.45) is 5.41 Å². The van der Waals surface area contributed by atoms with Crippen molar-refractivity contribution in [3.8, 4) is 21.6 Å². The molecule has 3 aromatic heterocycles. The fraction of sp³-hybridized carbons (Fsp3) is 0.429. The molecule has 2 amide bonds. The van der Waals surface area contributed by atoms with Gasteiger partial charge in [0.2, 0.25) is 17.6 Å². The van der Waals surface area contributed by atoms with Gasteiger partial charge in [-0.3, -0.25) is 33.7 Å². The summed E-state index contributed by atoms with van der Waals surface area (Å²) >= 11 is 1.58. The molecule has 0 radical (unpaired) electrons. The van der Waals surface area contributed by atoms with Gasteiger partial charge in [0.05, 0.1) is 46.0 Å². The number of halogens is 3. The third-order valence-electron chi connectivity index (χ3n) is 15.4. The van der Waals surface area contributed by atoms with Crippen molar-refractivity contribution in [3.63, 3.8) is 0 Å². The van der Waals surface area contributed by atoms with Crippen molar-refractivity contribution in [2.45, 2.75) is 83.8 Å². The van der Waals surface area contributed by atoms with Crippen LogP contribution in [0.4, 0.5) is 24.5 Å². The molecule has 10 rings (SSSR count). The molecule has 17 nitrogen and oxygen atoms in total. The number of aliphatic hydroxyl groups excluding tert-OH is 1. The predicted molar refractivity (Wildman–Crippen MR) is 292 cm³/mol. The number of aromatic amines is 1. The van der Waals surface area contributed by atoms with E-state index in [9.17, 15) is 37.1 Å². The lowest BCUT2D eigenvalue weighted by Gasteiger charge is -2.48. The van der Waals surface area contributed by atoms with Gasteiger partial charge in [-0.25, -0.2) is 23.1 Å². The summed E-state index contributed by atoms with van der Waals surface area (Å²) < 4.78 is 73.4. The summed E-state index contributed by atoms with van der Waals surface area (Å²) in [6.45, 7) is 11.8. The number of amides is 2. The molecule has 22 heteroatoms. The molecule has 3 aromatic carbocycles. The number of anilines is 2. The zero-order chi connectivity index (χ0) is 55.2. The van der Waals surface area contributed by atoms with Gasteiger partial charge in [-0.2, -0.15) is 12.7 Å². The molecule has 0 unspecified atom stereocenters. The van der Waals surface area contributed by atoms with Crippen LogP contribution >= 0.6 is 11.3 Å². The van der Waals surface area contributed by atoms with E-state index < -0.39 is 75.2 Å². The number of aromatic nitrogens is 3. The van der Waals surface area contributed by atoms with Crippen LogP contribution in [-0.2, 0) is 31.0 Å². The fourth-order valence-corrected chi connectivity index (χ4v) is 13.0. The Morgan fingerprint density at radius 1 is 0.897 bits per heavy atom. The topological polar surface area (TPSA) is 204 Å². The number of pyridine rings is 1. The summed E-state index contributed by atoms with van der Waals surface area (Å²) in [4.78, 5) is 76.3. The number of β-amino-alcohol motifs (C(OH)–C–C–N with tert-alkyl or cyclic N) is 1. The highest BCUT2D eigenvalue weighted by Gasteiger charge is 2.45. The smallest absolute Gasteiger partial charge is 0.301 e. The molecule has 4 aliphatic heterocycles. The Morgan fingerprint density at radius 2 is 1.62 bits per heavy atom. The van der Waals surface area contributed by atoms with Crippen molar-refractivity contribution >= 4 is 67.3 Å². The van der Waals surface area contributed by atoms with E-state index in [1.807, 2.05) is 86.5 Å². The Kier molecular flexibility index (Phi) is 15.7. The second-order valence-corrected chi connectivity index (χ2v) is 24.4. The average Bonchev–Trinajstić information content (AvgIpc) is 4.30. The number of alkyl halides is 1. The molecule has 4 fully saturated rings. The maximum atomic E-state index is 15.8. The molecule has 412 valence electrons. The lowest BCUT2D eigenvalue weighted by atomic mass is 9.85. The minimum atomic E-state index is -4.38. The van der Waals surface area contributed by atoms with Crippen LogP contribution in [0.5, 0.6) is 0 Å². The number of fused-ring (bicyclic) bond motifs is 1. The molecule has 6 aromatic rings. The zero-order valence-corrected chi connectivity index (χ0v) is 45.5. The third kappa shape index (κ3) is 11.6. The Bertz CT molecular complexity index is 3340. The van der Waals surface area contributed by atoms with Crippen molar-refractivity contribution in [1.82, 2.24) is 39.3 Å². The number of H-pyrrole nitrogens is 1.